The third-order valence-corrected chi connectivity index (χ3v) is 1.77. The van der Waals surface area contributed by atoms with Crippen molar-refractivity contribution in [3.8, 4) is 0 Å². The maximum Gasteiger partial charge on any atom is 0.466 e. The molecule has 0 atom stereocenters. The molecule has 0 radical (unpaired) electrons. The monoisotopic (exact) mass is 285 g/mol. The van der Waals surface area contributed by atoms with Crippen LogP contribution in [-0.4, -0.2) is 40.2 Å². The zero-order chi connectivity index (χ0) is 14.3. The number of aromatic nitrogens is 4. The number of phosphoric acid groups is 1. The van der Waals surface area contributed by atoms with Crippen LogP contribution in [0.15, 0.2) is 42.3 Å². The van der Waals surface area contributed by atoms with E-state index in [0.717, 1.165) is 11.3 Å². The highest BCUT2D eigenvalue weighted by molar-refractivity contribution is 7.45. The van der Waals surface area contributed by atoms with Crippen molar-refractivity contribution in [2.24, 2.45) is 5.10 Å². The van der Waals surface area contributed by atoms with Gasteiger partial charge in [0.1, 0.15) is 12.7 Å². The molecule has 102 valence electrons. The first-order chi connectivity index (χ1) is 8.86. The molecule has 3 N–H and O–H groups in total. The van der Waals surface area contributed by atoms with Gasteiger partial charge in [-0.05, 0) is 19.1 Å². The molecule has 9 nitrogen and oxygen atoms in total. The van der Waals surface area contributed by atoms with Gasteiger partial charge in [0.25, 0.3) is 0 Å². The van der Waals surface area contributed by atoms with Crippen molar-refractivity contribution in [3.05, 3.63) is 42.7 Å². The lowest BCUT2D eigenvalue weighted by Gasteiger charge is -1.98. The van der Waals surface area contributed by atoms with Gasteiger partial charge in [0, 0.05) is 18.0 Å². The Hall–Kier alpha value is -1.93. The maximum atomic E-state index is 8.88. The van der Waals surface area contributed by atoms with Crippen molar-refractivity contribution >= 4 is 13.5 Å². The Morgan fingerprint density at radius 1 is 1.21 bits per heavy atom. The summed E-state index contributed by atoms with van der Waals surface area (Å²) in [6.45, 7) is 1.93. The smallest absolute Gasteiger partial charge is 0.303 e. The van der Waals surface area contributed by atoms with Gasteiger partial charge in [0.2, 0.25) is 0 Å². The van der Waals surface area contributed by atoms with E-state index in [1.807, 2.05) is 19.1 Å². The van der Waals surface area contributed by atoms with E-state index in [1.54, 1.807) is 29.7 Å². The number of rotatable bonds is 2. The van der Waals surface area contributed by atoms with Crippen molar-refractivity contribution in [1.29, 1.82) is 0 Å². The molecule has 2 aromatic rings. The largest absolute Gasteiger partial charge is 0.466 e. The van der Waals surface area contributed by atoms with Crippen LogP contribution in [0.4, 0.5) is 0 Å². The molecule has 0 fully saturated rings. The minimum atomic E-state index is -4.64. The zero-order valence-electron chi connectivity index (χ0n) is 9.90. The molecule has 0 aliphatic carbocycles. The van der Waals surface area contributed by atoms with Gasteiger partial charge in [-0.3, -0.25) is 4.98 Å². The minimum absolute atomic E-state index is 0.896. The van der Waals surface area contributed by atoms with E-state index < -0.39 is 7.82 Å². The third-order valence-electron chi connectivity index (χ3n) is 1.77. The number of hydrogen-bond donors (Lipinski definition) is 3. The molecule has 2 heterocycles. The molecule has 10 heteroatoms. The van der Waals surface area contributed by atoms with E-state index in [2.05, 4.69) is 20.3 Å². The molecule has 0 unspecified atom stereocenters. The average Bonchev–Trinajstić information content (AvgIpc) is 2.81. The van der Waals surface area contributed by atoms with Crippen LogP contribution in [-0.2, 0) is 4.57 Å². The molecular weight excluding hydrogens is 273 g/mol. The molecule has 2 aromatic heterocycles. The highest BCUT2D eigenvalue weighted by atomic mass is 31.2. The summed E-state index contributed by atoms with van der Waals surface area (Å²) >= 11 is 0. The van der Waals surface area contributed by atoms with Crippen LogP contribution in [0.2, 0.25) is 0 Å². The molecule has 0 saturated heterocycles. The first-order valence-corrected chi connectivity index (χ1v) is 6.51. The molecule has 0 aliphatic rings. The second kappa shape index (κ2) is 6.86. The molecular formula is C9H12N5O4P. The van der Waals surface area contributed by atoms with Crippen LogP contribution < -0.4 is 0 Å². The fraction of sp³-hybridized carbons (Fsp3) is 0.111. The fourth-order valence-electron chi connectivity index (χ4n) is 1.07. The Balaban J connectivity index is 0.000000312. The van der Waals surface area contributed by atoms with Crippen molar-refractivity contribution in [1.82, 2.24) is 19.9 Å². The van der Waals surface area contributed by atoms with Gasteiger partial charge in [0.15, 0.2) is 0 Å². The summed E-state index contributed by atoms with van der Waals surface area (Å²) in [5.74, 6) is 0. The normalized spacial score (nSPS) is 11.7. The predicted molar refractivity (Wildman–Crippen MR) is 66.1 cm³/mol. The summed E-state index contributed by atoms with van der Waals surface area (Å²) in [4.78, 5) is 25.5. The zero-order valence-corrected chi connectivity index (χ0v) is 10.8. The van der Waals surface area contributed by atoms with E-state index in [0.29, 0.717) is 0 Å². The molecule has 0 saturated carbocycles. The molecule has 0 aliphatic heterocycles. The van der Waals surface area contributed by atoms with Gasteiger partial charge < -0.3 is 14.7 Å². The first kappa shape index (κ1) is 15.1. The summed E-state index contributed by atoms with van der Waals surface area (Å²) in [6, 6.07) is 3.81. The Bertz CT molecular complexity index is 557. The summed E-state index contributed by atoms with van der Waals surface area (Å²) in [5, 5.41) is 11.6. The minimum Gasteiger partial charge on any atom is -0.303 e. The number of nitrogens with zero attached hydrogens (tertiary/aromatic N) is 5. The van der Waals surface area contributed by atoms with E-state index in [4.69, 9.17) is 19.2 Å². The van der Waals surface area contributed by atoms with E-state index in [1.165, 1.54) is 0 Å². The Morgan fingerprint density at radius 3 is 2.16 bits per heavy atom. The van der Waals surface area contributed by atoms with Crippen molar-refractivity contribution < 1.29 is 19.2 Å². The van der Waals surface area contributed by atoms with Crippen molar-refractivity contribution in [2.45, 2.75) is 6.92 Å². The average molecular weight is 285 g/mol. The second-order valence-corrected chi connectivity index (χ2v) is 4.30. The van der Waals surface area contributed by atoms with Crippen LogP contribution >= 0.6 is 7.82 Å². The Morgan fingerprint density at radius 2 is 1.68 bits per heavy atom. The third kappa shape index (κ3) is 7.17. The standard InChI is InChI=1S/C9H9N5.H3O4P/c1-8(9-2-4-10-5-3-9)13-14-6-11-12-7-14;1-5(2,3)4/h2-7H,1H3;(H3,1,2,3,4). The molecule has 0 amide bonds. The highest BCUT2D eigenvalue weighted by Crippen LogP contribution is 2.25. The summed E-state index contributed by atoms with van der Waals surface area (Å²) in [5.41, 5.74) is 1.93. The molecule has 2 rings (SSSR count). The highest BCUT2D eigenvalue weighted by Gasteiger charge is 2.00. The van der Waals surface area contributed by atoms with Crippen LogP contribution in [0, 0.1) is 0 Å². The van der Waals surface area contributed by atoms with Gasteiger partial charge in [-0.25, -0.2) is 9.24 Å². The summed E-state index contributed by atoms with van der Waals surface area (Å²) < 4.78 is 10.4. The predicted octanol–water partition coefficient (Wildman–Crippen LogP) is 0.0168. The Labute approximate surface area is 108 Å². The van der Waals surface area contributed by atoms with Crippen LogP contribution in [0.5, 0.6) is 0 Å². The quantitative estimate of drug-likeness (QED) is 0.523. The summed E-state index contributed by atoms with van der Waals surface area (Å²) in [7, 11) is -4.64. The van der Waals surface area contributed by atoms with Crippen molar-refractivity contribution in [2.75, 3.05) is 0 Å². The van der Waals surface area contributed by atoms with E-state index in [9.17, 15) is 0 Å². The van der Waals surface area contributed by atoms with Gasteiger partial charge in [-0.1, -0.05) is 0 Å². The van der Waals surface area contributed by atoms with Gasteiger partial charge in [0.05, 0.1) is 5.71 Å². The van der Waals surface area contributed by atoms with Crippen LogP contribution in [0.25, 0.3) is 0 Å². The molecule has 19 heavy (non-hydrogen) atoms. The summed E-state index contributed by atoms with van der Waals surface area (Å²) in [6.07, 6.45) is 6.57. The van der Waals surface area contributed by atoms with Gasteiger partial charge in [-0.15, -0.1) is 10.2 Å². The number of hydrogen-bond acceptors (Lipinski definition) is 5. The van der Waals surface area contributed by atoms with E-state index >= 15 is 0 Å². The number of pyridine rings is 1. The lowest BCUT2D eigenvalue weighted by atomic mass is 10.2. The Kier molecular flexibility index (Phi) is 5.46. The second-order valence-electron chi connectivity index (χ2n) is 3.28. The lowest BCUT2D eigenvalue weighted by Crippen LogP contribution is -1.98. The topological polar surface area (TPSA) is 134 Å². The lowest BCUT2D eigenvalue weighted by molar-refractivity contribution is 0.275. The van der Waals surface area contributed by atoms with E-state index in [-0.39, 0.29) is 0 Å². The SMILES string of the molecule is CC(=Nn1cnnc1)c1ccncc1.O=P(O)(O)O. The maximum absolute atomic E-state index is 8.88. The molecule has 0 aromatic carbocycles. The molecule has 0 bridgehead atoms. The van der Waals surface area contributed by atoms with Crippen LogP contribution in [0.3, 0.4) is 0 Å². The first-order valence-electron chi connectivity index (χ1n) is 4.95. The van der Waals surface area contributed by atoms with Crippen molar-refractivity contribution in [3.63, 3.8) is 0 Å². The van der Waals surface area contributed by atoms with Crippen LogP contribution in [0.1, 0.15) is 12.5 Å². The van der Waals surface area contributed by atoms with Gasteiger partial charge >= 0.3 is 7.82 Å². The van der Waals surface area contributed by atoms with Gasteiger partial charge in [-0.2, -0.15) is 5.10 Å². The molecule has 0 spiro atoms. The fourth-order valence-corrected chi connectivity index (χ4v) is 1.07.